The fraction of sp³-hybridized carbons (Fsp3) is 0. The molecule has 0 aliphatic heterocycles. The molecule has 17 aromatic rings. The van der Waals surface area contributed by atoms with Crippen molar-refractivity contribution < 1.29 is 8.83 Å². The molecule has 0 aliphatic rings. The standard InChI is InChI=1S/C78H46O2/c1-3-22-57-55(20-1)73(50-41-37-49(38-42-50)53-29-15-32-65-54-19-9-11-34-70(54)80-78(53)65)56-21-2-4-23-58(56)74(57)63-30-13-17-47-39-43-51(45-68(47)63)52-44-40-48-18-14-31-64(69(48)46-52)75-59-24-5-7-26-61(59)76(62-27-8-6-25-60(62)75)67-33-16-36-72-77(67)66-28-10-12-35-71(66)79-72/h1-46H. The Hall–Kier alpha value is -10.5. The number of furan rings is 2. The van der Waals surface area contributed by atoms with Crippen LogP contribution in [0.15, 0.2) is 288 Å². The zero-order valence-electron chi connectivity index (χ0n) is 43.4. The number of para-hydroxylation sites is 3. The van der Waals surface area contributed by atoms with Gasteiger partial charge in [-0.15, -0.1) is 0 Å². The maximum absolute atomic E-state index is 6.48. The summed E-state index contributed by atoms with van der Waals surface area (Å²) in [4.78, 5) is 0. The average Bonchev–Trinajstić information content (AvgIpc) is 4.12. The first-order chi connectivity index (χ1) is 39.7. The van der Waals surface area contributed by atoms with E-state index in [1.54, 1.807) is 0 Å². The van der Waals surface area contributed by atoms with Gasteiger partial charge in [-0.25, -0.2) is 0 Å². The predicted molar refractivity (Wildman–Crippen MR) is 339 cm³/mol. The van der Waals surface area contributed by atoms with Gasteiger partial charge in [-0.05, 0) is 156 Å². The molecule has 0 bridgehead atoms. The molecule has 0 aliphatic carbocycles. The molecular weight excluding hydrogens is 969 g/mol. The number of hydrogen-bond acceptors (Lipinski definition) is 2. The lowest BCUT2D eigenvalue weighted by Crippen LogP contribution is -1.92. The Morgan fingerprint density at radius 2 is 0.550 bits per heavy atom. The maximum atomic E-state index is 6.48. The van der Waals surface area contributed by atoms with E-state index in [1.165, 1.54) is 120 Å². The van der Waals surface area contributed by atoms with Crippen LogP contribution < -0.4 is 0 Å². The van der Waals surface area contributed by atoms with Gasteiger partial charge in [-0.2, -0.15) is 0 Å². The van der Waals surface area contributed by atoms with Gasteiger partial charge in [0.1, 0.15) is 22.3 Å². The van der Waals surface area contributed by atoms with Crippen LogP contribution >= 0.6 is 0 Å². The summed E-state index contributed by atoms with van der Waals surface area (Å²) >= 11 is 0. The van der Waals surface area contributed by atoms with Crippen molar-refractivity contribution in [3.8, 4) is 66.8 Å². The van der Waals surface area contributed by atoms with Gasteiger partial charge >= 0.3 is 0 Å². The molecule has 0 unspecified atom stereocenters. The van der Waals surface area contributed by atoms with Crippen LogP contribution in [0.25, 0.3) is 175 Å². The van der Waals surface area contributed by atoms with E-state index < -0.39 is 0 Å². The molecule has 0 spiro atoms. The van der Waals surface area contributed by atoms with Crippen LogP contribution in [-0.2, 0) is 0 Å². The molecule has 0 saturated carbocycles. The largest absolute Gasteiger partial charge is 0.456 e. The van der Waals surface area contributed by atoms with E-state index in [0.29, 0.717) is 0 Å². The molecular formula is C78H46O2. The third-order valence-electron chi connectivity index (χ3n) is 17.1. The molecule has 0 N–H and O–H groups in total. The lowest BCUT2D eigenvalue weighted by atomic mass is 9.83. The molecule has 17 rings (SSSR count). The van der Waals surface area contributed by atoms with E-state index in [0.717, 1.165) is 55.0 Å². The van der Waals surface area contributed by atoms with Crippen LogP contribution in [-0.4, -0.2) is 0 Å². The Morgan fingerprint density at radius 3 is 1.09 bits per heavy atom. The predicted octanol–water partition coefficient (Wildman–Crippen LogP) is 22.4. The summed E-state index contributed by atoms with van der Waals surface area (Å²) in [6.07, 6.45) is 0. The fourth-order valence-electron chi connectivity index (χ4n) is 13.6. The van der Waals surface area contributed by atoms with Crippen LogP contribution in [0.1, 0.15) is 0 Å². The van der Waals surface area contributed by atoms with Crippen molar-refractivity contribution >= 4 is 109 Å². The number of benzene rings is 15. The van der Waals surface area contributed by atoms with Crippen molar-refractivity contribution in [3.63, 3.8) is 0 Å². The molecule has 15 aromatic carbocycles. The molecule has 0 saturated heterocycles. The zero-order chi connectivity index (χ0) is 52.4. The summed E-state index contributed by atoms with van der Waals surface area (Å²) in [5.74, 6) is 0. The molecule has 2 heterocycles. The summed E-state index contributed by atoms with van der Waals surface area (Å²) in [6, 6.07) is 102. The van der Waals surface area contributed by atoms with E-state index >= 15 is 0 Å². The van der Waals surface area contributed by atoms with Gasteiger partial charge in [0.2, 0.25) is 0 Å². The maximum Gasteiger partial charge on any atom is 0.143 e. The molecule has 80 heavy (non-hydrogen) atoms. The van der Waals surface area contributed by atoms with Gasteiger partial charge in [0.05, 0.1) is 0 Å². The van der Waals surface area contributed by atoms with Crippen molar-refractivity contribution in [3.05, 3.63) is 279 Å². The topological polar surface area (TPSA) is 26.3 Å². The Morgan fingerprint density at radius 1 is 0.188 bits per heavy atom. The van der Waals surface area contributed by atoms with Gasteiger partial charge in [-0.1, -0.05) is 249 Å². The third kappa shape index (κ3) is 6.66. The van der Waals surface area contributed by atoms with Gasteiger partial charge in [0.15, 0.2) is 0 Å². The van der Waals surface area contributed by atoms with Crippen molar-refractivity contribution in [2.24, 2.45) is 0 Å². The lowest BCUT2D eigenvalue weighted by Gasteiger charge is -2.20. The summed E-state index contributed by atoms with van der Waals surface area (Å²) in [6.45, 7) is 0. The zero-order valence-corrected chi connectivity index (χ0v) is 43.4. The smallest absolute Gasteiger partial charge is 0.143 e. The first-order valence-corrected chi connectivity index (χ1v) is 27.6. The molecule has 370 valence electrons. The molecule has 2 heteroatoms. The Labute approximate surface area is 460 Å². The highest BCUT2D eigenvalue weighted by Crippen LogP contribution is 2.50. The minimum atomic E-state index is 0.898. The highest BCUT2D eigenvalue weighted by molar-refractivity contribution is 6.28. The molecule has 2 nitrogen and oxygen atoms in total. The average molecular weight is 1020 g/mol. The Bertz CT molecular complexity index is 5310. The van der Waals surface area contributed by atoms with E-state index in [2.05, 4.69) is 267 Å². The number of hydrogen-bond donors (Lipinski definition) is 0. The normalized spacial score (nSPS) is 12.0. The van der Waals surface area contributed by atoms with Crippen LogP contribution in [0.2, 0.25) is 0 Å². The monoisotopic (exact) mass is 1010 g/mol. The second-order valence-corrected chi connectivity index (χ2v) is 21.3. The second-order valence-electron chi connectivity index (χ2n) is 21.3. The van der Waals surface area contributed by atoms with Crippen molar-refractivity contribution in [1.29, 1.82) is 0 Å². The van der Waals surface area contributed by atoms with Gasteiger partial charge in [0, 0.05) is 27.1 Å². The first-order valence-electron chi connectivity index (χ1n) is 27.6. The first kappa shape index (κ1) is 44.6. The van der Waals surface area contributed by atoms with Crippen LogP contribution in [0, 0.1) is 0 Å². The highest BCUT2D eigenvalue weighted by Gasteiger charge is 2.23. The van der Waals surface area contributed by atoms with Crippen molar-refractivity contribution in [1.82, 2.24) is 0 Å². The van der Waals surface area contributed by atoms with Crippen LogP contribution in [0.4, 0.5) is 0 Å². The van der Waals surface area contributed by atoms with E-state index in [4.69, 9.17) is 8.83 Å². The van der Waals surface area contributed by atoms with E-state index in [-0.39, 0.29) is 0 Å². The SMILES string of the molecule is c1cc(-c2c3ccccc3c(-c3ccc(-c4cccc5c4oc4ccccc45)cc3)c3ccccc23)c2cc(-c3ccc4cccc(-c5c6ccccc6c(-c6cccc7oc8ccccc8c67)c6ccccc56)c4c3)ccc2c1. The molecule has 2 aromatic heterocycles. The molecule has 0 amide bonds. The van der Waals surface area contributed by atoms with E-state index in [9.17, 15) is 0 Å². The number of rotatable bonds is 6. The number of fused-ring (bicyclic) bond motifs is 12. The quantitative estimate of drug-likeness (QED) is 0.155. The van der Waals surface area contributed by atoms with Crippen LogP contribution in [0.3, 0.4) is 0 Å². The van der Waals surface area contributed by atoms with Crippen LogP contribution in [0.5, 0.6) is 0 Å². The van der Waals surface area contributed by atoms with Gasteiger partial charge < -0.3 is 8.83 Å². The fourth-order valence-corrected chi connectivity index (χ4v) is 13.6. The lowest BCUT2D eigenvalue weighted by molar-refractivity contribution is 0.669. The Kier molecular flexibility index (Phi) is 9.75. The van der Waals surface area contributed by atoms with Gasteiger partial charge in [-0.3, -0.25) is 0 Å². The highest BCUT2D eigenvalue weighted by atomic mass is 16.3. The summed E-state index contributed by atoms with van der Waals surface area (Å²) in [7, 11) is 0. The summed E-state index contributed by atoms with van der Waals surface area (Å²) in [5, 5.41) is 19.2. The molecule has 0 atom stereocenters. The van der Waals surface area contributed by atoms with Gasteiger partial charge in [0.25, 0.3) is 0 Å². The summed E-state index contributed by atoms with van der Waals surface area (Å²) in [5.41, 5.74) is 17.9. The van der Waals surface area contributed by atoms with E-state index in [1.807, 2.05) is 12.1 Å². The third-order valence-corrected chi connectivity index (χ3v) is 17.1. The minimum absolute atomic E-state index is 0.898. The summed E-state index contributed by atoms with van der Waals surface area (Å²) < 4.78 is 12.9. The van der Waals surface area contributed by atoms with Crippen molar-refractivity contribution in [2.75, 3.05) is 0 Å². The van der Waals surface area contributed by atoms with Crippen molar-refractivity contribution in [2.45, 2.75) is 0 Å². The minimum Gasteiger partial charge on any atom is -0.456 e. The molecule has 0 fully saturated rings. The molecule has 0 radical (unpaired) electrons. The second kappa shape index (κ2) is 17.5. The Balaban J connectivity index is 0.815.